The molecular formula is C6H11NO4. The lowest BCUT2D eigenvalue weighted by Crippen LogP contribution is -2.42. The Balaban J connectivity index is 2.57. The van der Waals surface area contributed by atoms with Crippen molar-refractivity contribution in [2.45, 2.75) is 18.8 Å². The number of carbonyl (C=O) groups excluding carboxylic acids is 1. The van der Waals surface area contributed by atoms with Gasteiger partial charge in [0.15, 0.2) is 0 Å². The first kappa shape index (κ1) is 8.45. The SMILES string of the molecule is CC1(C(N)=O)OC[C@H](CO)O1. The number of primary amides is 1. The van der Waals surface area contributed by atoms with Gasteiger partial charge in [-0.2, -0.15) is 0 Å². The predicted molar refractivity (Wildman–Crippen MR) is 35.5 cm³/mol. The molecule has 1 aliphatic heterocycles. The van der Waals surface area contributed by atoms with E-state index in [0.29, 0.717) is 0 Å². The maximum Gasteiger partial charge on any atom is 0.277 e. The Morgan fingerprint density at radius 3 is 2.82 bits per heavy atom. The second-order valence-electron chi connectivity index (χ2n) is 2.54. The molecule has 0 bridgehead atoms. The van der Waals surface area contributed by atoms with Crippen LogP contribution in [0.5, 0.6) is 0 Å². The van der Waals surface area contributed by atoms with Gasteiger partial charge in [-0.3, -0.25) is 4.79 Å². The van der Waals surface area contributed by atoms with Crippen LogP contribution in [0.25, 0.3) is 0 Å². The molecule has 0 spiro atoms. The lowest BCUT2D eigenvalue weighted by atomic mass is 10.3. The van der Waals surface area contributed by atoms with E-state index in [4.69, 9.17) is 20.3 Å². The number of hydrogen-bond donors (Lipinski definition) is 2. The summed E-state index contributed by atoms with van der Waals surface area (Å²) in [5.74, 6) is -2.03. The van der Waals surface area contributed by atoms with Crippen molar-refractivity contribution in [3.05, 3.63) is 0 Å². The van der Waals surface area contributed by atoms with E-state index in [0.717, 1.165) is 0 Å². The summed E-state index contributed by atoms with van der Waals surface area (Å²) in [7, 11) is 0. The normalized spacial score (nSPS) is 37.5. The predicted octanol–water partition coefficient (Wildman–Crippen LogP) is -1.40. The van der Waals surface area contributed by atoms with Gasteiger partial charge in [-0.25, -0.2) is 0 Å². The molecule has 1 saturated heterocycles. The third-order valence-corrected chi connectivity index (χ3v) is 1.59. The summed E-state index contributed by atoms with van der Waals surface area (Å²) in [4.78, 5) is 10.7. The van der Waals surface area contributed by atoms with Crippen molar-refractivity contribution in [3.8, 4) is 0 Å². The third kappa shape index (κ3) is 1.50. The molecule has 0 aliphatic carbocycles. The van der Waals surface area contributed by atoms with E-state index < -0.39 is 17.8 Å². The Bertz CT molecular complexity index is 172. The molecule has 1 heterocycles. The lowest BCUT2D eigenvalue weighted by molar-refractivity contribution is -0.178. The Kier molecular flexibility index (Phi) is 2.12. The highest BCUT2D eigenvalue weighted by atomic mass is 16.8. The van der Waals surface area contributed by atoms with E-state index in [1.54, 1.807) is 0 Å². The van der Waals surface area contributed by atoms with E-state index >= 15 is 0 Å². The first-order valence-electron chi connectivity index (χ1n) is 3.31. The van der Waals surface area contributed by atoms with Crippen LogP contribution in [0.4, 0.5) is 0 Å². The lowest BCUT2D eigenvalue weighted by Gasteiger charge is -2.17. The van der Waals surface area contributed by atoms with Crippen LogP contribution in [-0.4, -0.2) is 36.1 Å². The van der Waals surface area contributed by atoms with Crippen LogP contribution in [0.3, 0.4) is 0 Å². The fourth-order valence-electron chi connectivity index (χ4n) is 0.857. The van der Waals surface area contributed by atoms with Gasteiger partial charge in [0, 0.05) is 0 Å². The van der Waals surface area contributed by atoms with E-state index in [2.05, 4.69) is 0 Å². The fourth-order valence-corrected chi connectivity index (χ4v) is 0.857. The van der Waals surface area contributed by atoms with E-state index in [9.17, 15) is 4.79 Å². The van der Waals surface area contributed by atoms with Gasteiger partial charge in [0.1, 0.15) is 6.10 Å². The first-order valence-corrected chi connectivity index (χ1v) is 3.31. The molecule has 0 aromatic heterocycles. The Labute approximate surface area is 64.1 Å². The zero-order valence-electron chi connectivity index (χ0n) is 6.24. The molecule has 1 rings (SSSR count). The Morgan fingerprint density at radius 2 is 2.55 bits per heavy atom. The third-order valence-electron chi connectivity index (χ3n) is 1.59. The fraction of sp³-hybridized carbons (Fsp3) is 0.833. The van der Waals surface area contributed by atoms with Gasteiger partial charge >= 0.3 is 0 Å². The molecule has 0 saturated carbocycles. The van der Waals surface area contributed by atoms with Crippen molar-refractivity contribution in [1.82, 2.24) is 0 Å². The van der Waals surface area contributed by atoms with Gasteiger partial charge in [0.05, 0.1) is 13.2 Å². The second kappa shape index (κ2) is 2.77. The Morgan fingerprint density at radius 1 is 1.91 bits per heavy atom. The summed E-state index contributed by atoms with van der Waals surface area (Å²) < 4.78 is 9.96. The molecule has 1 aliphatic rings. The molecule has 1 fully saturated rings. The van der Waals surface area contributed by atoms with Gasteiger partial charge in [0.2, 0.25) is 5.79 Å². The minimum Gasteiger partial charge on any atom is -0.394 e. The average molecular weight is 161 g/mol. The first-order chi connectivity index (χ1) is 5.08. The molecule has 2 atom stereocenters. The zero-order valence-corrected chi connectivity index (χ0v) is 6.24. The van der Waals surface area contributed by atoms with Crippen LogP contribution >= 0.6 is 0 Å². The van der Waals surface area contributed by atoms with Gasteiger partial charge in [0.25, 0.3) is 5.91 Å². The number of ether oxygens (including phenoxy) is 2. The van der Waals surface area contributed by atoms with Crippen LogP contribution in [0, 0.1) is 0 Å². The maximum atomic E-state index is 10.7. The van der Waals surface area contributed by atoms with E-state index in [1.165, 1.54) is 6.92 Å². The van der Waals surface area contributed by atoms with Gasteiger partial charge in [-0.1, -0.05) is 0 Å². The summed E-state index contributed by atoms with van der Waals surface area (Å²) in [6.45, 7) is 1.48. The molecular weight excluding hydrogens is 150 g/mol. The van der Waals surface area contributed by atoms with Gasteiger partial charge in [-0.05, 0) is 6.92 Å². The quantitative estimate of drug-likeness (QED) is 0.521. The van der Waals surface area contributed by atoms with Crippen molar-refractivity contribution in [3.63, 3.8) is 0 Å². The van der Waals surface area contributed by atoms with Crippen LogP contribution in [0.15, 0.2) is 0 Å². The number of nitrogens with two attached hydrogens (primary N) is 1. The minimum atomic E-state index is -1.35. The average Bonchev–Trinajstić information content (AvgIpc) is 2.33. The topological polar surface area (TPSA) is 81.8 Å². The number of aliphatic hydroxyl groups excluding tert-OH is 1. The molecule has 0 aromatic rings. The van der Waals surface area contributed by atoms with Crippen LogP contribution < -0.4 is 5.73 Å². The summed E-state index contributed by atoms with van der Waals surface area (Å²) in [6.07, 6.45) is -0.438. The highest BCUT2D eigenvalue weighted by molar-refractivity contribution is 5.81. The largest absolute Gasteiger partial charge is 0.394 e. The zero-order chi connectivity index (χ0) is 8.48. The summed E-state index contributed by atoms with van der Waals surface area (Å²) >= 11 is 0. The molecule has 5 heteroatoms. The summed E-state index contributed by atoms with van der Waals surface area (Å²) in [6, 6.07) is 0. The number of carbonyl (C=O) groups is 1. The Hall–Kier alpha value is -0.650. The van der Waals surface area contributed by atoms with Crippen molar-refractivity contribution in [2.75, 3.05) is 13.2 Å². The minimum absolute atomic E-state index is 0.164. The van der Waals surface area contributed by atoms with Crippen molar-refractivity contribution in [2.24, 2.45) is 5.73 Å². The number of hydrogen-bond acceptors (Lipinski definition) is 4. The maximum absolute atomic E-state index is 10.7. The van der Waals surface area contributed by atoms with Crippen LogP contribution in [0.1, 0.15) is 6.92 Å². The van der Waals surface area contributed by atoms with E-state index in [-0.39, 0.29) is 13.2 Å². The summed E-state index contributed by atoms with van der Waals surface area (Å²) in [5.41, 5.74) is 4.98. The molecule has 5 nitrogen and oxygen atoms in total. The molecule has 0 radical (unpaired) electrons. The number of rotatable bonds is 2. The van der Waals surface area contributed by atoms with Crippen molar-refractivity contribution in [1.29, 1.82) is 0 Å². The molecule has 0 aromatic carbocycles. The van der Waals surface area contributed by atoms with Gasteiger partial charge in [-0.15, -0.1) is 0 Å². The molecule has 64 valence electrons. The molecule has 3 N–H and O–H groups in total. The highest BCUT2D eigenvalue weighted by Gasteiger charge is 2.42. The van der Waals surface area contributed by atoms with Crippen molar-refractivity contribution < 1.29 is 19.4 Å². The monoisotopic (exact) mass is 161 g/mol. The standard InChI is InChI=1S/C6H11NO4/c1-6(5(7)9)10-3-4(2-8)11-6/h4,8H,2-3H2,1H3,(H2,7,9)/t4-,6?/m0/s1. The highest BCUT2D eigenvalue weighted by Crippen LogP contribution is 2.22. The number of aliphatic hydroxyl groups is 1. The van der Waals surface area contributed by atoms with Crippen molar-refractivity contribution >= 4 is 5.91 Å². The van der Waals surface area contributed by atoms with Gasteiger partial charge < -0.3 is 20.3 Å². The summed E-state index contributed by atoms with van der Waals surface area (Å²) in [5, 5.41) is 8.62. The number of amides is 1. The smallest absolute Gasteiger partial charge is 0.277 e. The molecule has 11 heavy (non-hydrogen) atoms. The molecule has 1 unspecified atom stereocenters. The van der Waals surface area contributed by atoms with Crippen LogP contribution in [-0.2, 0) is 14.3 Å². The second-order valence-corrected chi connectivity index (χ2v) is 2.54. The van der Waals surface area contributed by atoms with E-state index in [1.807, 2.05) is 0 Å². The van der Waals surface area contributed by atoms with Crippen LogP contribution in [0.2, 0.25) is 0 Å². The molecule has 1 amide bonds.